The molecule has 5 heteroatoms. The van der Waals surface area contributed by atoms with Crippen molar-refractivity contribution < 1.29 is 22.7 Å². The van der Waals surface area contributed by atoms with E-state index >= 15 is 0 Å². The Morgan fingerprint density at radius 2 is 1.63 bits per heavy atom. The van der Waals surface area contributed by atoms with Gasteiger partial charge in [0.15, 0.2) is 23.7 Å². The van der Waals surface area contributed by atoms with E-state index in [0.29, 0.717) is 17.6 Å². The number of rotatable bonds is 3. The van der Waals surface area contributed by atoms with E-state index in [1.54, 1.807) is 0 Å². The van der Waals surface area contributed by atoms with Crippen molar-refractivity contribution in [3.05, 3.63) is 53.3 Å². The van der Waals surface area contributed by atoms with Gasteiger partial charge in [-0.3, -0.25) is 4.79 Å². The molecule has 19 heavy (non-hydrogen) atoms. The molecule has 2 rings (SSSR count). The highest BCUT2D eigenvalue weighted by atomic mass is 19.2. The molecule has 0 bridgehead atoms. The van der Waals surface area contributed by atoms with Gasteiger partial charge in [-0.05, 0) is 35.4 Å². The third-order valence-electron chi connectivity index (χ3n) is 2.67. The summed E-state index contributed by atoms with van der Waals surface area (Å²) < 4.78 is 44.1. The molecule has 0 unspecified atom stereocenters. The predicted octanol–water partition coefficient (Wildman–Crippen LogP) is 3.59. The molecule has 0 amide bonds. The molecule has 2 aromatic rings. The van der Waals surface area contributed by atoms with Crippen molar-refractivity contribution in [3.8, 4) is 16.9 Å². The fourth-order valence-electron chi connectivity index (χ4n) is 1.73. The minimum absolute atomic E-state index is 0.141. The molecular weight excluding hydrogens is 257 g/mol. The van der Waals surface area contributed by atoms with Crippen molar-refractivity contribution in [2.24, 2.45) is 0 Å². The van der Waals surface area contributed by atoms with Crippen LogP contribution in [0.2, 0.25) is 0 Å². The molecule has 0 saturated carbocycles. The van der Waals surface area contributed by atoms with Gasteiger partial charge in [0.05, 0.1) is 12.7 Å². The summed E-state index contributed by atoms with van der Waals surface area (Å²) in [5, 5.41) is 0. The Bertz CT molecular complexity index is 616. The summed E-state index contributed by atoms with van der Waals surface area (Å²) in [5.74, 6) is -3.73. The van der Waals surface area contributed by atoms with Crippen LogP contribution in [-0.4, -0.2) is 13.4 Å². The van der Waals surface area contributed by atoms with Crippen LogP contribution in [0.25, 0.3) is 11.1 Å². The first-order chi connectivity index (χ1) is 9.06. The third kappa shape index (κ3) is 2.45. The number of carbonyl (C=O) groups is 1. The number of halogens is 3. The molecule has 0 aliphatic rings. The Morgan fingerprint density at radius 3 is 2.16 bits per heavy atom. The number of hydrogen-bond acceptors (Lipinski definition) is 2. The summed E-state index contributed by atoms with van der Waals surface area (Å²) in [5.41, 5.74) is 0.771. The van der Waals surface area contributed by atoms with E-state index < -0.39 is 17.5 Å². The summed E-state index contributed by atoms with van der Waals surface area (Å²) in [4.78, 5) is 10.9. The molecule has 0 fully saturated rings. The van der Waals surface area contributed by atoms with Crippen molar-refractivity contribution in [2.75, 3.05) is 7.11 Å². The molecule has 0 aromatic heterocycles. The average molecular weight is 266 g/mol. The highest BCUT2D eigenvalue weighted by Gasteiger charge is 2.12. The monoisotopic (exact) mass is 266 g/mol. The number of ether oxygens (including phenoxy) is 1. The summed E-state index contributed by atoms with van der Waals surface area (Å²) in [6.07, 6.45) is 0.568. The zero-order valence-corrected chi connectivity index (χ0v) is 9.91. The number of hydrogen-bond donors (Lipinski definition) is 0. The molecule has 98 valence electrons. The van der Waals surface area contributed by atoms with Gasteiger partial charge in [0, 0.05) is 0 Å². The van der Waals surface area contributed by atoms with Crippen molar-refractivity contribution in [3.63, 3.8) is 0 Å². The quantitative estimate of drug-likeness (QED) is 0.627. The van der Waals surface area contributed by atoms with Crippen molar-refractivity contribution >= 4 is 6.29 Å². The lowest BCUT2D eigenvalue weighted by Crippen LogP contribution is -1.94. The van der Waals surface area contributed by atoms with Crippen LogP contribution in [0, 0.1) is 17.5 Å². The third-order valence-corrected chi connectivity index (χ3v) is 2.67. The normalized spacial score (nSPS) is 10.3. The topological polar surface area (TPSA) is 26.3 Å². The molecule has 0 spiro atoms. The molecule has 2 aromatic carbocycles. The Hall–Kier alpha value is -2.30. The van der Waals surface area contributed by atoms with Gasteiger partial charge >= 0.3 is 0 Å². The zero-order valence-electron chi connectivity index (χ0n) is 9.91. The highest BCUT2D eigenvalue weighted by Crippen LogP contribution is 2.27. The molecule has 0 aliphatic heterocycles. The summed E-state index contributed by atoms with van der Waals surface area (Å²) in [6.45, 7) is 0. The summed E-state index contributed by atoms with van der Waals surface area (Å²) in [6, 6.07) is 6.18. The fourth-order valence-corrected chi connectivity index (χ4v) is 1.73. The van der Waals surface area contributed by atoms with E-state index in [2.05, 4.69) is 0 Å². The standard InChI is InChI=1S/C14H9F3O2/c1-19-13-3-2-8(4-10(13)7-18)9-5-11(15)14(17)12(16)6-9/h2-7H,1H3. The van der Waals surface area contributed by atoms with Crippen LogP contribution >= 0.6 is 0 Å². The van der Waals surface area contributed by atoms with Crippen molar-refractivity contribution in [2.45, 2.75) is 0 Å². The second-order valence-electron chi connectivity index (χ2n) is 3.83. The van der Waals surface area contributed by atoms with Gasteiger partial charge < -0.3 is 4.74 Å². The van der Waals surface area contributed by atoms with Crippen LogP contribution in [0.15, 0.2) is 30.3 Å². The van der Waals surface area contributed by atoms with Gasteiger partial charge in [0.2, 0.25) is 0 Å². The smallest absolute Gasteiger partial charge is 0.194 e. The first kappa shape index (κ1) is 13.1. The Labute approximate surface area is 107 Å². The molecular formula is C14H9F3O2. The lowest BCUT2D eigenvalue weighted by molar-refractivity contribution is 0.112. The van der Waals surface area contributed by atoms with Crippen molar-refractivity contribution in [1.29, 1.82) is 0 Å². The molecule has 0 heterocycles. The second-order valence-corrected chi connectivity index (χ2v) is 3.83. The number of aldehydes is 1. The van der Waals surface area contributed by atoms with E-state index in [0.717, 1.165) is 12.1 Å². The number of benzene rings is 2. The van der Waals surface area contributed by atoms with E-state index in [-0.39, 0.29) is 11.1 Å². The van der Waals surface area contributed by atoms with Gasteiger partial charge in [-0.15, -0.1) is 0 Å². The predicted molar refractivity (Wildman–Crippen MR) is 63.7 cm³/mol. The van der Waals surface area contributed by atoms with Crippen LogP contribution in [0.1, 0.15) is 10.4 Å². The van der Waals surface area contributed by atoms with Crippen LogP contribution in [0.5, 0.6) is 5.75 Å². The lowest BCUT2D eigenvalue weighted by atomic mass is 10.0. The zero-order chi connectivity index (χ0) is 14.0. The van der Waals surface area contributed by atoms with E-state index in [9.17, 15) is 18.0 Å². The minimum Gasteiger partial charge on any atom is -0.496 e. The van der Waals surface area contributed by atoms with Crippen LogP contribution in [-0.2, 0) is 0 Å². The van der Waals surface area contributed by atoms with Crippen molar-refractivity contribution in [1.82, 2.24) is 0 Å². The first-order valence-electron chi connectivity index (χ1n) is 5.35. The maximum Gasteiger partial charge on any atom is 0.194 e. The highest BCUT2D eigenvalue weighted by molar-refractivity contribution is 5.83. The van der Waals surface area contributed by atoms with Gasteiger partial charge in [0.1, 0.15) is 5.75 Å². The van der Waals surface area contributed by atoms with Gasteiger partial charge in [-0.1, -0.05) is 6.07 Å². The number of methoxy groups -OCH3 is 1. The van der Waals surface area contributed by atoms with E-state index in [1.165, 1.54) is 25.3 Å². The average Bonchev–Trinajstić information content (AvgIpc) is 2.43. The first-order valence-corrected chi connectivity index (χ1v) is 5.35. The lowest BCUT2D eigenvalue weighted by Gasteiger charge is -2.07. The SMILES string of the molecule is COc1ccc(-c2cc(F)c(F)c(F)c2)cc1C=O. The molecule has 0 atom stereocenters. The fraction of sp³-hybridized carbons (Fsp3) is 0.0714. The van der Waals surface area contributed by atoms with E-state index in [4.69, 9.17) is 4.74 Å². The van der Waals surface area contributed by atoms with Crippen LogP contribution in [0.3, 0.4) is 0 Å². The summed E-state index contributed by atoms with van der Waals surface area (Å²) in [7, 11) is 1.40. The largest absolute Gasteiger partial charge is 0.496 e. The maximum atomic E-state index is 13.1. The van der Waals surface area contributed by atoms with Crippen LogP contribution in [0.4, 0.5) is 13.2 Å². The molecule has 0 N–H and O–H groups in total. The van der Waals surface area contributed by atoms with Crippen LogP contribution < -0.4 is 4.74 Å². The molecule has 0 radical (unpaired) electrons. The molecule has 0 saturated heterocycles. The van der Waals surface area contributed by atoms with Gasteiger partial charge in [-0.25, -0.2) is 13.2 Å². The Balaban J connectivity index is 2.56. The Kier molecular flexibility index (Phi) is 3.55. The van der Waals surface area contributed by atoms with Gasteiger partial charge in [-0.2, -0.15) is 0 Å². The second kappa shape index (κ2) is 5.14. The van der Waals surface area contributed by atoms with E-state index in [1.807, 2.05) is 0 Å². The summed E-state index contributed by atoms with van der Waals surface area (Å²) >= 11 is 0. The van der Waals surface area contributed by atoms with Gasteiger partial charge in [0.25, 0.3) is 0 Å². The number of carbonyl (C=O) groups excluding carboxylic acids is 1. The minimum atomic E-state index is -1.52. The maximum absolute atomic E-state index is 13.1. The molecule has 0 aliphatic carbocycles. The molecule has 2 nitrogen and oxygen atoms in total. The Morgan fingerprint density at radius 1 is 1.00 bits per heavy atom.